The summed E-state index contributed by atoms with van der Waals surface area (Å²) in [7, 11) is -3.59. The van der Waals surface area contributed by atoms with Crippen LogP contribution in [0.25, 0.3) is 0 Å². The molecule has 0 saturated carbocycles. The lowest BCUT2D eigenvalue weighted by molar-refractivity contribution is -0.0675. The van der Waals surface area contributed by atoms with E-state index in [4.69, 9.17) is 9.47 Å². The number of carbonyl (C=O) groups is 1. The second-order valence-electron chi connectivity index (χ2n) is 5.53. The van der Waals surface area contributed by atoms with Gasteiger partial charge in [0, 0.05) is 12.2 Å². The van der Waals surface area contributed by atoms with E-state index in [1.165, 1.54) is 18.2 Å². The van der Waals surface area contributed by atoms with Crippen LogP contribution in [0.15, 0.2) is 48.5 Å². The van der Waals surface area contributed by atoms with Crippen LogP contribution in [0.4, 0.5) is 5.69 Å². The van der Waals surface area contributed by atoms with E-state index in [1.807, 2.05) is 30.3 Å². The van der Waals surface area contributed by atoms with Crippen LogP contribution >= 0.6 is 0 Å². The maximum atomic E-state index is 12.2. The Bertz CT molecular complexity index is 851. The lowest BCUT2D eigenvalue weighted by atomic mass is 10.1. The van der Waals surface area contributed by atoms with Crippen molar-refractivity contribution in [2.75, 3.05) is 17.6 Å². The van der Waals surface area contributed by atoms with Gasteiger partial charge in [-0.1, -0.05) is 30.3 Å². The Morgan fingerprint density at radius 1 is 1.19 bits per heavy atom. The Morgan fingerprint density at radius 2 is 1.88 bits per heavy atom. The zero-order valence-corrected chi connectivity index (χ0v) is 15.3. The van der Waals surface area contributed by atoms with Gasteiger partial charge in [-0.2, -0.15) is 0 Å². The van der Waals surface area contributed by atoms with E-state index in [9.17, 15) is 18.3 Å². The normalized spacial score (nSPS) is 12.4. The lowest BCUT2D eigenvalue weighted by Gasteiger charge is -2.15. The van der Waals surface area contributed by atoms with Crippen LogP contribution in [0.1, 0.15) is 22.8 Å². The van der Waals surface area contributed by atoms with Gasteiger partial charge < -0.3 is 14.6 Å². The van der Waals surface area contributed by atoms with Crippen LogP contribution < -0.4 is 9.46 Å². The summed E-state index contributed by atoms with van der Waals surface area (Å²) >= 11 is 0. The standard InChI is InChI=1S/C18H21NO6S/c1-3-24-18(21)17(20)14-9-10-16(15(11-14)19-26(2,22)23)25-12-13-7-5-4-6-8-13/h4-11,18-19,21H,3,12H2,1-2H3/t18-/m0/s1. The number of ketones is 1. The van der Waals surface area contributed by atoms with Crippen molar-refractivity contribution >= 4 is 21.5 Å². The van der Waals surface area contributed by atoms with Crippen LogP contribution in [-0.2, 0) is 21.4 Å². The Labute approximate surface area is 152 Å². The topological polar surface area (TPSA) is 102 Å². The van der Waals surface area contributed by atoms with Gasteiger partial charge in [0.25, 0.3) is 0 Å². The first-order chi connectivity index (χ1) is 12.3. The Morgan fingerprint density at radius 3 is 2.50 bits per heavy atom. The van der Waals surface area contributed by atoms with Crippen LogP contribution in [0.3, 0.4) is 0 Å². The largest absolute Gasteiger partial charge is 0.487 e. The molecule has 0 spiro atoms. The highest BCUT2D eigenvalue weighted by Crippen LogP contribution is 2.28. The molecule has 0 amide bonds. The van der Waals surface area contributed by atoms with Crippen molar-refractivity contribution in [1.82, 2.24) is 0 Å². The number of aliphatic hydroxyl groups excluding tert-OH is 1. The predicted octanol–water partition coefficient (Wildman–Crippen LogP) is 2.17. The highest BCUT2D eigenvalue weighted by molar-refractivity contribution is 7.92. The smallest absolute Gasteiger partial charge is 0.229 e. The van der Waals surface area contributed by atoms with Crippen LogP contribution in [0, 0.1) is 0 Å². The summed E-state index contributed by atoms with van der Waals surface area (Å²) in [6, 6.07) is 13.6. The number of sulfonamides is 1. The molecule has 140 valence electrons. The molecule has 0 aliphatic heterocycles. The van der Waals surface area contributed by atoms with Crippen molar-refractivity contribution in [1.29, 1.82) is 0 Å². The highest BCUT2D eigenvalue weighted by Gasteiger charge is 2.20. The molecule has 2 aromatic carbocycles. The van der Waals surface area contributed by atoms with Gasteiger partial charge in [0.1, 0.15) is 12.4 Å². The number of rotatable bonds is 9. The quantitative estimate of drug-likeness (QED) is 0.511. The number of hydrogen-bond acceptors (Lipinski definition) is 6. The van der Waals surface area contributed by atoms with E-state index in [1.54, 1.807) is 6.92 Å². The molecule has 7 nitrogen and oxygen atoms in total. The first kappa shape index (κ1) is 19.9. The molecule has 0 fully saturated rings. The minimum absolute atomic E-state index is 0.101. The molecule has 2 aromatic rings. The van der Waals surface area contributed by atoms with E-state index in [-0.39, 0.29) is 30.2 Å². The molecule has 8 heteroatoms. The molecule has 1 atom stereocenters. The minimum atomic E-state index is -3.59. The van der Waals surface area contributed by atoms with E-state index in [0.29, 0.717) is 0 Å². The van der Waals surface area contributed by atoms with E-state index >= 15 is 0 Å². The monoisotopic (exact) mass is 379 g/mol. The number of carbonyl (C=O) groups excluding carboxylic acids is 1. The number of hydrogen-bond donors (Lipinski definition) is 2. The third-order valence-corrected chi connectivity index (χ3v) is 3.94. The maximum absolute atomic E-state index is 12.2. The molecule has 2 rings (SSSR count). The summed E-state index contributed by atoms with van der Waals surface area (Å²) in [6.07, 6.45) is -0.612. The van der Waals surface area contributed by atoms with Crippen LogP contribution in [-0.4, -0.2) is 38.5 Å². The first-order valence-electron chi connectivity index (χ1n) is 7.92. The fourth-order valence-corrected chi connectivity index (χ4v) is 2.76. The average Bonchev–Trinajstić information content (AvgIpc) is 2.59. The van der Waals surface area contributed by atoms with Gasteiger partial charge in [0.15, 0.2) is 0 Å². The van der Waals surface area contributed by atoms with Gasteiger partial charge in [-0.3, -0.25) is 9.52 Å². The summed E-state index contributed by atoms with van der Waals surface area (Å²) in [5.74, 6) is -0.403. The summed E-state index contributed by atoms with van der Waals surface area (Å²) in [4.78, 5) is 12.2. The SMILES string of the molecule is CCO[C@H](O)C(=O)c1ccc(OCc2ccccc2)c(NS(C)(=O)=O)c1. The molecule has 0 aliphatic rings. The van der Waals surface area contributed by atoms with E-state index in [0.717, 1.165) is 11.8 Å². The molecule has 0 aromatic heterocycles. The molecule has 2 N–H and O–H groups in total. The van der Waals surface area contributed by atoms with Crippen molar-refractivity contribution < 1.29 is 27.8 Å². The zero-order chi connectivity index (χ0) is 19.2. The zero-order valence-electron chi connectivity index (χ0n) is 14.5. The van der Waals surface area contributed by atoms with Crippen molar-refractivity contribution in [2.45, 2.75) is 19.8 Å². The summed E-state index contributed by atoms with van der Waals surface area (Å²) in [5.41, 5.74) is 1.12. The summed E-state index contributed by atoms with van der Waals surface area (Å²) in [6.45, 7) is 2.04. The van der Waals surface area contributed by atoms with Gasteiger partial charge in [-0.15, -0.1) is 0 Å². The van der Waals surface area contributed by atoms with Crippen LogP contribution in [0.2, 0.25) is 0 Å². The Balaban J connectivity index is 2.27. The predicted molar refractivity (Wildman–Crippen MR) is 97.6 cm³/mol. The van der Waals surface area contributed by atoms with Crippen molar-refractivity contribution in [2.24, 2.45) is 0 Å². The third-order valence-electron chi connectivity index (χ3n) is 3.35. The Kier molecular flexibility index (Phi) is 6.73. The van der Waals surface area contributed by atoms with Crippen molar-refractivity contribution in [3.63, 3.8) is 0 Å². The van der Waals surface area contributed by atoms with Gasteiger partial charge in [0.05, 0.1) is 11.9 Å². The second-order valence-corrected chi connectivity index (χ2v) is 7.28. The molecular weight excluding hydrogens is 358 g/mol. The van der Waals surface area contributed by atoms with Gasteiger partial charge in [-0.25, -0.2) is 8.42 Å². The molecule has 0 bridgehead atoms. The number of anilines is 1. The average molecular weight is 379 g/mol. The molecular formula is C18H21NO6S. The van der Waals surface area contributed by atoms with E-state index < -0.39 is 22.1 Å². The minimum Gasteiger partial charge on any atom is -0.487 e. The van der Waals surface area contributed by atoms with Crippen molar-refractivity contribution in [3.05, 3.63) is 59.7 Å². The third kappa shape index (κ3) is 5.83. The number of ether oxygens (including phenoxy) is 2. The molecule has 0 aliphatic carbocycles. The molecule has 0 heterocycles. The highest BCUT2D eigenvalue weighted by atomic mass is 32.2. The lowest BCUT2D eigenvalue weighted by Crippen LogP contribution is -2.24. The van der Waals surface area contributed by atoms with Gasteiger partial charge >= 0.3 is 0 Å². The number of benzene rings is 2. The summed E-state index contributed by atoms with van der Waals surface area (Å²) < 4.78 is 36.1. The number of Topliss-reactive ketones (excluding diaryl/α,β-unsaturated/α-hetero) is 1. The van der Waals surface area contributed by atoms with Gasteiger partial charge in [-0.05, 0) is 30.7 Å². The molecule has 0 radical (unpaired) electrons. The van der Waals surface area contributed by atoms with Gasteiger partial charge in [0.2, 0.25) is 22.1 Å². The fourth-order valence-electron chi connectivity index (χ4n) is 2.20. The maximum Gasteiger partial charge on any atom is 0.229 e. The molecule has 26 heavy (non-hydrogen) atoms. The Hall–Kier alpha value is -2.42. The number of aliphatic hydroxyl groups is 1. The van der Waals surface area contributed by atoms with Crippen LogP contribution in [0.5, 0.6) is 5.75 Å². The molecule has 0 unspecified atom stereocenters. The fraction of sp³-hybridized carbons (Fsp3) is 0.278. The number of nitrogens with one attached hydrogen (secondary N) is 1. The van der Waals surface area contributed by atoms with Crippen molar-refractivity contribution in [3.8, 4) is 5.75 Å². The molecule has 0 saturated heterocycles. The van der Waals surface area contributed by atoms with E-state index in [2.05, 4.69) is 4.72 Å². The summed E-state index contributed by atoms with van der Waals surface area (Å²) in [5, 5.41) is 9.67. The second kappa shape index (κ2) is 8.79. The first-order valence-corrected chi connectivity index (χ1v) is 9.81.